The fraction of sp³-hybridized carbons (Fsp3) is 0.250. The Bertz CT molecular complexity index is 1010. The van der Waals surface area contributed by atoms with Crippen molar-refractivity contribution in [2.45, 2.75) is 18.0 Å². The van der Waals surface area contributed by atoms with Gasteiger partial charge in [-0.3, -0.25) is 9.58 Å². The Morgan fingerprint density at radius 1 is 1.25 bits per heavy atom. The second kappa shape index (κ2) is 7.75. The topological polar surface area (TPSA) is 82.5 Å². The summed E-state index contributed by atoms with van der Waals surface area (Å²) in [4.78, 5) is 2.45. The summed E-state index contributed by atoms with van der Waals surface area (Å²) in [5.74, 6) is 0.615. The number of anilines is 1. The van der Waals surface area contributed by atoms with Crippen LogP contribution in [-0.2, 0) is 34.7 Å². The minimum absolute atomic E-state index is 0.191. The first kappa shape index (κ1) is 18.7. The molecule has 7 nitrogen and oxygen atoms in total. The number of benzene rings is 2. The fourth-order valence-electron chi connectivity index (χ4n) is 3.24. The first-order chi connectivity index (χ1) is 13.5. The Balaban J connectivity index is 1.52. The molecule has 0 amide bonds. The molecule has 3 aromatic rings. The predicted octanol–water partition coefficient (Wildman–Crippen LogP) is 2.83. The number of para-hydroxylation sites is 1. The number of hydrogen-bond acceptors (Lipinski definition) is 5. The van der Waals surface area contributed by atoms with Crippen molar-refractivity contribution in [2.24, 2.45) is 7.05 Å². The number of aryl methyl sites for hydroxylation is 1. The van der Waals surface area contributed by atoms with Gasteiger partial charge in [-0.2, -0.15) is 5.10 Å². The zero-order valence-electron chi connectivity index (χ0n) is 15.6. The Kier molecular flexibility index (Phi) is 5.17. The van der Waals surface area contributed by atoms with E-state index in [4.69, 9.17) is 4.74 Å². The summed E-state index contributed by atoms with van der Waals surface area (Å²) in [6.07, 6.45) is 3.86. The molecule has 1 atom stereocenters. The molecule has 0 aliphatic carbocycles. The smallest absolute Gasteiger partial charge is 0.184 e. The number of aromatic nitrogens is 2. The molecule has 0 spiro atoms. The fourth-order valence-corrected chi connectivity index (χ4v) is 4.31. The molecule has 28 heavy (non-hydrogen) atoms. The zero-order valence-corrected chi connectivity index (χ0v) is 16.4. The molecule has 0 radical (unpaired) electrons. The number of fused-ring (bicyclic) bond motifs is 1. The third kappa shape index (κ3) is 4.24. The van der Waals surface area contributed by atoms with Gasteiger partial charge in [0.25, 0.3) is 0 Å². The number of hydrogen-bond donors (Lipinski definition) is 1. The van der Waals surface area contributed by atoms with Crippen molar-refractivity contribution in [3.8, 4) is 5.75 Å². The van der Waals surface area contributed by atoms with Crippen molar-refractivity contribution >= 4 is 16.1 Å². The van der Waals surface area contributed by atoms with Gasteiger partial charge in [-0.15, -0.1) is 0 Å². The monoisotopic (exact) mass is 398 g/mol. The van der Waals surface area contributed by atoms with E-state index in [1.165, 1.54) is 0 Å². The molecule has 8 heteroatoms. The van der Waals surface area contributed by atoms with E-state index in [2.05, 4.69) is 14.7 Å². The van der Waals surface area contributed by atoms with E-state index >= 15 is 0 Å². The highest BCUT2D eigenvalue weighted by Crippen LogP contribution is 2.29. The van der Waals surface area contributed by atoms with Crippen LogP contribution in [0.15, 0.2) is 65.8 Å². The lowest BCUT2D eigenvalue weighted by Crippen LogP contribution is -2.25. The molecule has 0 saturated carbocycles. The molecule has 4 rings (SSSR count). The van der Waals surface area contributed by atoms with E-state index in [0.717, 1.165) is 24.2 Å². The first-order valence-corrected chi connectivity index (χ1v) is 10.5. The first-order valence-electron chi connectivity index (χ1n) is 9.03. The molecule has 1 aliphatic heterocycles. The van der Waals surface area contributed by atoms with Crippen LogP contribution in [0.1, 0.15) is 11.1 Å². The van der Waals surface area contributed by atoms with Crippen molar-refractivity contribution < 1.29 is 13.5 Å². The Labute approximate surface area is 165 Å². The van der Waals surface area contributed by atoms with Gasteiger partial charge in [0.05, 0.1) is 11.9 Å². The van der Waals surface area contributed by atoms with Crippen LogP contribution < -0.4 is 9.46 Å². The number of ether oxygens (including phenoxy) is 1. The average molecular weight is 398 g/mol. The standard InChI is InChI=1S/C20H22N4O3S/c1-23-13-16(12-21-23)14-24-9-10-27-20-11-19(8-7-17(20)15-24)28(25,26)22-18-5-3-2-4-6-18/h2-8,11-13H,9-10,14-15H2,1H3,(H-,22,25,26). The molecule has 0 bridgehead atoms. The maximum absolute atomic E-state index is 12.7. The van der Waals surface area contributed by atoms with E-state index in [1.54, 1.807) is 41.1 Å². The molecule has 1 aliphatic rings. The van der Waals surface area contributed by atoms with Gasteiger partial charge < -0.3 is 9.29 Å². The predicted molar refractivity (Wildman–Crippen MR) is 106 cm³/mol. The Morgan fingerprint density at radius 2 is 2.07 bits per heavy atom. The van der Waals surface area contributed by atoms with Crippen LogP contribution in [0.25, 0.3) is 0 Å². The van der Waals surface area contributed by atoms with Gasteiger partial charge in [-0.05, 0) is 24.3 Å². The van der Waals surface area contributed by atoms with Gasteiger partial charge in [0.15, 0.2) is 15.3 Å². The van der Waals surface area contributed by atoms with Crippen LogP contribution in [0.3, 0.4) is 0 Å². The van der Waals surface area contributed by atoms with Crippen LogP contribution in [-0.4, -0.2) is 32.4 Å². The molecule has 0 fully saturated rings. The maximum atomic E-state index is 12.7. The van der Waals surface area contributed by atoms with Crippen molar-refractivity contribution in [3.63, 3.8) is 0 Å². The molecule has 2 aromatic carbocycles. The van der Waals surface area contributed by atoms with Gasteiger partial charge in [0.1, 0.15) is 12.4 Å². The van der Waals surface area contributed by atoms with Crippen LogP contribution in [0.5, 0.6) is 5.75 Å². The van der Waals surface area contributed by atoms with Gasteiger partial charge >= 0.3 is 0 Å². The summed E-state index contributed by atoms with van der Waals surface area (Å²) in [5.41, 5.74) is 2.64. The minimum atomic E-state index is -3.67. The SMILES string of the molecule is Cn1cc(CN2CCOc3cc([S+](=O)([O-])Nc4ccccc4)ccc3C2)cn1. The summed E-state index contributed by atoms with van der Waals surface area (Å²) in [6.45, 7) is 2.72. The summed E-state index contributed by atoms with van der Waals surface area (Å²) in [5, 5.41) is 4.21. The highest BCUT2D eigenvalue weighted by atomic mass is 32.3. The summed E-state index contributed by atoms with van der Waals surface area (Å²) in [6, 6.07) is 13.9. The van der Waals surface area contributed by atoms with Crippen LogP contribution >= 0.6 is 0 Å². The van der Waals surface area contributed by atoms with Crippen LogP contribution in [0, 0.1) is 0 Å². The molecule has 146 valence electrons. The quantitative estimate of drug-likeness (QED) is 0.669. The number of rotatable bonds is 5. The molecular formula is C20H22N4O3S. The second-order valence-electron chi connectivity index (χ2n) is 6.82. The number of nitrogens with one attached hydrogen (secondary N) is 1. The summed E-state index contributed by atoms with van der Waals surface area (Å²) >= 11 is 0. The molecule has 2 heterocycles. The van der Waals surface area contributed by atoms with E-state index in [0.29, 0.717) is 24.6 Å². The highest BCUT2D eigenvalue weighted by Gasteiger charge is 2.24. The highest BCUT2D eigenvalue weighted by molar-refractivity contribution is 7.98. The maximum Gasteiger partial charge on any atom is 0.184 e. The van der Waals surface area contributed by atoms with Crippen molar-refractivity contribution in [3.05, 3.63) is 72.1 Å². The van der Waals surface area contributed by atoms with E-state index < -0.39 is 10.4 Å². The van der Waals surface area contributed by atoms with Crippen LogP contribution in [0.4, 0.5) is 5.69 Å². The summed E-state index contributed by atoms with van der Waals surface area (Å²) in [7, 11) is -1.77. The lowest BCUT2D eigenvalue weighted by Gasteiger charge is -2.19. The van der Waals surface area contributed by atoms with Crippen molar-refractivity contribution in [1.82, 2.24) is 14.7 Å². The van der Waals surface area contributed by atoms with Gasteiger partial charge in [-0.1, -0.05) is 22.4 Å². The number of sulfonamides is 1. The largest absolute Gasteiger partial charge is 0.588 e. The number of nitrogens with zero attached hydrogens (tertiary/aromatic N) is 3. The zero-order chi connectivity index (χ0) is 19.6. The van der Waals surface area contributed by atoms with Crippen molar-refractivity contribution in [1.29, 1.82) is 0 Å². The average Bonchev–Trinajstić information content (AvgIpc) is 2.96. The van der Waals surface area contributed by atoms with Gasteiger partial charge in [0.2, 0.25) is 0 Å². The van der Waals surface area contributed by atoms with Gasteiger partial charge in [-0.25, -0.2) is 4.72 Å². The van der Waals surface area contributed by atoms with E-state index in [1.807, 2.05) is 31.6 Å². The second-order valence-corrected chi connectivity index (χ2v) is 8.50. The molecular weight excluding hydrogens is 376 g/mol. The van der Waals surface area contributed by atoms with Crippen LogP contribution in [0.2, 0.25) is 0 Å². The van der Waals surface area contributed by atoms with Crippen molar-refractivity contribution in [2.75, 3.05) is 17.9 Å². The van der Waals surface area contributed by atoms with E-state index in [9.17, 15) is 8.76 Å². The summed E-state index contributed by atoms with van der Waals surface area (Å²) < 4.78 is 35.6. The molecule has 1 aromatic heterocycles. The third-order valence-electron chi connectivity index (χ3n) is 4.60. The molecule has 1 N–H and O–H groups in total. The third-order valence-corrected chi connectivity index (χ3v) is 5.98. The Hall–Kier alpha value is -2.68. The van der Waals surface area contributed by atoms with E-state index in [-0.39, 0.29) is 4.90 Å². The molecule has 0 saturated heterocycles. The molecule has 1 unspecified atom stereocenters. The normalized spacial score (nSPS) is 16.5. The Morgan fingerprint density at radius 3 is 2.82 bits per heavy atom. The van der Waals surface area contributed by atoms with Gasteiger partial charge in [0, 0.05) is 50.1 Å². The minimum Gasteiger partial charge on any atom is -0.588 e. The lowest BCUT2D eigenvalue weighted by molar-refractivity contribution is 0.219. The lowest BCUT2D eigenvalue weighted by atomic mass is 10.2.